The number of benzene rings is 1. The predicted octanol–water partition coefficient (Wildman–Crippen LogP) is 1.19. The summed E-state index contributed by atoms with van der Waals surface area (Å²) >= 11 is 0. The summed E-state index contributed by atoms with van der Waals surface area (Å²) in [5.41, 5.74) is 1.31. The molecule has 1 fully saturated rings. The minimum Gasteiger partial charge on any atom is -0.497 e. The molecule has 1 aliphatic heterocycles. The highest BCUT2D eigenvalue weighted by Crippen LogP contribution is 2.23. The van der Waals surface area contributed by atoms with Crippen molar-refractivity contribution in [1.82, 2.24) is 15.2 Å². The number of morpholine rings is 1. The molecule has 138 valence electrons. The van der Waals surface area contributed by atoms with Gasteiger partial charge in [-0.3, -0.25) is 14.5 Å². The molecule has 0 spiro atoms. The fraction of sp³-hybridized carbons (Fsp3) is 0.368. The van der Waals surface area contributed by atoms with Gasteiger partial charge in [0.15, 0.2) is 0 Å². The third-order valence-corrected chi connectivity index (χ3v) is 4.49. The van der Waals surface area contributed by atoms with Gasteiger partial charge in [0.05, 0.1) is 31.9 Å². The fourth-order valence-corrected chi connectivity index (χ4v) is 3.02. The Balaban J connectivity index is 1.73. The third-order valence-electron chi connectivity index (χ3n) is 4.49. The molecule has 3 rings (SSSR count). The van der Waals surface area contributed by atoms with E-state index in [0.29, 0.717) is 25.3 Å². The number of carbonyl (C=O) groups excluding carboxylic acids is 1. The van der Waals surface area contributed by atoms with Crippen LogP contribution in [0.3, 0.4) is 0 Å². The molecular formula is C19H23N3O4. The van der Waals surface area contributed by atoms with Gasteiger partial charge < -0.3 is 19.8 Å². The summed E-state index contributed by atoms with van der Waals surface area (Å²) in [7, 11) is 1.64. The molecule has 2 heterocycles. The summed E-state index contributed by atoms with van der Waals surface area (Å²) in [5.74, 6) is 0.583. The number of pyridine rings is 1. The first kappa shape index (κ1) is 18.2. The average Bonchev–Trinajstić information content (AvgIpc) is 2.70. The Labute approximate surface area is 151 Å². The van der Waals surface area contributed by atoms with Crippen LogP contribution in [0.25, 0.3) is 0 Å². The van der Waals surface area contributed by atoms with E-state index in [1.807, 2.05) is 24.3 Å². The Morgan fingerprint density at radius 1 is 1.23 bits per heavy atom. The number of hydrogen-bond acceptors (Lipinski definition) is 5. The molecule has 1 saturated heterocycles. The van der Waals surface area contributed by atoms with Gasteiger partial charge in [-0.25, -0.2) is 0 Å². The smallest absolute Gasteiger partial charge is 0.252 e. The molecule has 7 heteroatoms. The number of ether oxygens (including phenoxy) is 2. The number of nitrogens with zero attached hydrogens (tertiary/aromatic N) is 1. The van der Waals surface area contributed by atoms with Gasteiger partial charge in [0.1, 0.15) is 5.75 Å². The van der Waals surface area contributed by atoms with Crippen LogP contribution < -0.4 is 15.6 Å². The van der Waals surface area contributed by atoms with Gasteiger partial charge in [-0.2, -0.15) is 0 Å². The number of aromatic nitrogens is 1. The van der Waals surface area contributed by atoms with E-state index in [-0.39, 0.29) is 17.5 Å². The van der Waals surface area contributed by atoms with Crippen LogP contribution in [0, 0.1) is 0 Å². The van der Waals surface area contributed by atoms with E-state index in [1.165, 1.54) is 18.3 Å². The maximum atomic E-state index is 12.4. The second-order valence-corrected chi connectivity index (χ2v) is 6.09. The van der Waals surface area contributed by atoms with Gasteiger partial charge in [0.25, 0.3) is 5.91 Å². The Bertz CT molecular complexity index is 762. The van der Waals surface area contributed by atoms with Gasteiger partial charge in [-0.05, 0) is 23.8 Å². The second-order valence-electron chi connectivity index (χ2n) is 6.09. The quantitative estimate of drug-likeness (QED) is 0.811. The van der Waals surface area contributed by atoms with Crippen molar-refractivity contribution in [3.05, 3.63) is 64.1 Å². The van der Waals surface area contributed by atoms with Crippen molar-refractivity contribution in [1.29, 1.82) is 0 Å². The Kier molecular flexibility index (Phi) is 6.04. The minimum atomic E-state index is -0.231. The van der Waals surface area contributed by atoms with Crippen molar-refractivity contribution < 1.29 is 14.3 Å². The van der Waals surface area contributed by atoms with E-state index >= 15 is 0 Å². The number of aromatic amines is 1. The first-order chi connectivity index (χ1) is 12.7. The maximum absolute atomic E-state index is 12.4. The Morgan fingerprint density at radius 2 is 1.96 bits per heavy atom. The zero-order valence-corrected chi connectivity index (χ0v) is 14.7. The van der Waals surface area contributed by atoms with E-state index in [4.69, 9.17) is 9.47 Å². The Morgan fingerprint density at radius 3 is 2.58 bits per heavy atom. The van der Waals surface area contributed by atoms with Gasteiger partial charge in [0.2, 0.25) is 5.56 Å². The highest BCUT2D eigenvalue weighted by Gasteiger charge is 2.23. The monoisotopic (exact) mass is 357 g/mol. The van der Waals surface area contributed by atoms with Crippen LogP contribution in [0.2, 0.25) is 0 Å². The van der Waals surface area contributed by atoms with Crippen LogP contribution in [0.15, 0.2) is 47.4 Å². The number of amides is 1. The van der Waals surface area contributed by atoms with E-state index in [1.54, 1.807) is 7.11 Å². The number of hydrogen-bond donors (Lipinski definition) is 2. The highest BCUT2D eigenvalue weighted by atomic mass is 16.5. The van der Waals surface area contributed by atoms with Crippen molar-refractivity contribution in [3.8, 4) is 5.75 Å². The molecule has 7 nitrogen and oxygen atoms in total. The molecule has 2 N–H and O–H groups in total. The molecule has 1 unspecified atom stereocenters. The lowest BCUT2D eigenvalue weighted by Gasteiger charge is -2.35. The van der Waals surface area contributed by atoms with Crippen molar-refractivity contribution >= 4 is 5.91 Å². The third kappa shape index (κ3) is 4.50. The normalized spacial score (nSPS) is 16.0. The molecule has 1 aromatic heterocycles. The van der Waals surface area contributed by atoms with E-state index in [9.17, 15) is 9.59 Å². The summed E-state index contributed by atoms with van der Waals surface area (Å²) in [4.78, 5) is 28.3. The molecule has 26 heavy (non-hydrogen) atoms. The van der Waals surface area contributed by atoms with E-state index < -0.39 is 0 Å². The molecule has 1 aromatic carbocycles. The van der Waals surface area contributed by atoms with Crippen LogP contribution in [-0.4, -0.2) is 55.7 Å². The Hall–Kier alpha value is -2.64. The van der Waals surface area contributed by atoms with Crippen LogP contribution in [-0.2, 0) is 4.74 Å². The number of H-pyrrole nitrogens is 1. The largest absolute Gasteiger partial charge is 0.497 e. The molecule has 0 saturated carbocycles. The molecule has 0 aliphatic carbocycles. The highest BCUT2D eigenvalue weighted by molar-refractivity contribution is 5.93. The first-order valence-corrected chi connectivity index (χ1v) is 8.60. The fourth-order valence-electron chi connectivity index (χ4n) is 3.02. The van der Waals surface area contributed by atoms with Gasteiger partial charge >= 0.3 is 0 Å². The van der Waals surface area contributed by atoms with Crippen LogP contribution in [0.5, 0.6) is 5.75 Å². The lowest BCUT2D eigenvalue weighted by Crippen LogP contribution is -2.43. The summed E-state index contributed by atoms with van der Waals surface area (Å²) in [6.45, 7) is 3.45. The van der Waals surface area contributed by atoms with Gasteiger partial charge in [0, 0.05) is 31.9 Å². The molecular weight excluding hydrogens is 334 g/mol. The van der Waals surface area contributed by atoms with E-state index in [2.05, 4.69) is 15.2 Å². The molecule has 2 aromatic rings. The van der Waals surface area contributed by atoms with Crippen LogP contribution in [0.4, 0.5) is 0 Å². The topological polar surface area (TPSA) is 83.7 Å². The minimum absolute atomic E-state index is 0.0384. The van der Waals surface area contributed by atoms with Gasteiger partial charge in [-0.15, -0.1) is 0 Å². The predicted molar refractivity (Wildman–Crippen MR) is 97.5 cm³/mol. The van der Waals surface area contributed by atoms with Crippen molar-refractivity contribution in [3.63, 3.8) is 0 Å². The molecule has 1 amide bonds. The maximum Gasteiger partial charge on any atom is 0.252 e. The summed E-state index contributed by atoms with van der Waals surface area (Å²) in [5, 5.41) is 2.97. The zero-order valence-electron chi connectivity index (χ0n) is 14.7. The van der Waals surface area contributed by atoms with Crippen LogP contribution in [0.1, 0.15) is 22.0 Å². The standard InChI is InChI=1S/C19H23N3O4/c1-25-16-5-2-14(3-6-16)17(22-8-10-26-11-9-22)13-21-19(24)15-4-7-18(23)20-12-15/h2-7,12,17H,8-11,13H2,1H3,(H,20,23)(H,21,24). The lowest BCUT2D eigenvalue weighted by atomic mass is 10.0. The summed E-state index contributed by atoms with van der Waals surface area (Å²) in [6, 6.07) is 10.8. The SMILES string of the molecule is COc1ccc(C(CNC(=O)c2ccc(=O)[nH]c2)N2CCOCC2)cc1. The second kappa shape index (κ2) is 8.64. The van der Waals surface area contributed by atoms with Crippen molar-refractivity contribution in [2.75, 3.05) is 40.0 Å². The number of nitrogens with one attached hydrogen (secondary N) is 2. The first-order valence-electron chi connectivity index (χ1n) is 8.60. The molecule has 0 bridgehead atoms. The molecule has 0 radical (unpaired) electrons. The van der Waals surface area contributed by atoms with E-state index in [0.717, 1.165) is 24.4 Å². The summed E-state index contributed by atoms with van der Waals surface area (Å²) < 4.78 is 10.7. The lowest BCUT2D eigenvalue weighted by molar-refractivity contribution is 0.0162. The average molecular weight is 357 g/mol. The molecule has 1 aliphatic rings. The summed E-state index contributed by atoms with van der Waals surface area (Å²) in [6.07, 6.45) is 1.43. The number of methoxy groups -OCH3 is 1. The molecule has 1 atom stereocenters. The van der Waals surface area contributed by atoms with Crippen molar-refractivity contribution in [2.45, 2.75) is 6.04 Å². The van der Waals surface area contributed by atoms with Crippen molar-refractivity contribution in [2.24, 2.45) is 0 Å². The van der Waals surface area contributed by atoms with Crippen LogP contribution >= 0.6 is 0 Å². The number of rotatable bonds is 6. The zero-order chi connectivity index (χ0) is 18.4. The van der Waals surface area contributed by atoms with Gasteiger partial charge in [-0.1, -0.05) is 12.1 Å². The number of carbonyl (C=O) groups is 1.